The number of carbonyl (C=O) groups is 2. The third-order valence-corrected chi connectivity index (χ3v) is 2.88. The van der Waals surface area contributed by atoms with Crippen molar-refractivity contribution in [3.63, 3.8) is 0 Å². The van der Waals surface area contributed by atoms with Crippen LogP contribution < -0.4 is 4.90 Å². The van der Waals surface area contributed by atoms with Crippen molar-refractivity contribution in [3.8, 4) is 6.07 Å². The highest BCUT2D eigenvalue weighted by atomic mass is 16.2. The number of carbonyl (C=O) groups excluding carboxylic acids is 2. The van der Waals surface area contributed by atoms with E-state index in [-0.39, 0.29) is 18.5 Å². The molecule has 1 heterocycles. The molecule has 0 aliphatic carbocycles. The van der Waals surface area contributed by atoms with Crippen molar-refractivity contribution in [1.82, 2.24) is 4.90 Å². The van der Waals surface area contributed by atoms with Gasteiger partial charge in [-0.05, 0) is 30.2 Å². The minimum atomic E-state index is -0.289. The van der Waals surface area contributed by atoms with Crippen LogP contribution in [0.3, 0.4) is 0 Å². The predicted octanol–water partition coefficient (Wildman–Crippen LogP) is 1.98. The number of nitrogens with zero attached hydrogens (tertiary/aromatic N) is 3. The molecule has 98 valence electrons. The van der Waals surface area contributed by atoms with Crippen molar-refractivity contribution < 1.29 is 9.59 Å². The third kappa shape index (κ3) is 2.58. The molecule has 0 unspecified atom stereocenters. The Hall–Kier alpha value is -2.35. The van der Waals surface area contributed by atoms with Crippen molar-refractivity contribution >= 4 is 17.6 Å². The van der Waals surface area contributed by atoms with E-state index in [0.29, 0.717) is 23.7 Å². The van der Waals surface area contributed by atoms with Crippen molar-refractivity contribution in [3.05, 3.63) is 29.8 Å². The van der Waals surface area contributed by atoms with Crippen LogP contribution >= 0.6 is 0 Å². The summed E-state index contributed by atoms with van der Waals surface area (Å²) in [5.41, 5.74) is 1.02. The fraction of sp³-hybridized carbons (Fsp3) is 0.357. The van der Waals surface area contributed by atoms with E-state index < -0.39 is 0 Å². The zero-order valence-electron chi connectivity index (χ0n) is 11.0. The summed E-state index contributed by atoms with van der Waals surface area (Å²) in [6.45, 7) is 4.69. The Kier molecular flexibility index (Phi) is 3.52. The van der Waals surface area contributed by atoms with E-state index in [4.69, 9.17) is 5.26 Å². The normalized spacial score (nSPS) is 15.3. The Morgan fingerprint density at radius 3 is 2.42 bits per heavy atom. The minimum Gasteiger partial charge on any atom is -0.314 e. The number of rotatable bonds is 3. The summed E-state index contributed by atoms with van der Waals surface area (Å²) in [7, 11) is 0. The van der Waals surface area contributed by atoms with Crippen LogP contribution in [0.2, 0.25) is 0 Å². The van der Waals surface area contributed by atoms with E-state index in [1.165, 1.54) is 4.90 Å². The van der Waals surface area contributed by atoms with Gasteiger partial charge < -0.3 is 4.90 Å². The Morgan fingerprint density at radius 1 is 1.26 bits per heavy atom. The summed E-state index contributed by atoms with van der Waals surface area (Å²) < 4.78 is 0. The number of hydrogen-bond donors (Lipinski definition) is 0. The third-order valence-electron chi connectivity index (χ3n) is 2.88. The molecule has 19 heavy (non-hydrogen) atoms. The quantitative estimate of drug-likeness (QED) is 0.778. The van der Waals surface area contributed by atoms with E-state index >= 15 is 0 Å². The van der Waals surface area contributed by atoms with E-state index in [0.717, 1.165) is 0 Å². The Bertz CT molecular complexity index is 543. The number of nitriles is 1. The first-order valence-corrected chi connectivity index (χ1v) is 6.15. The second kappa shape index (κ2) is 5.11. The molecule has 5 nitrogen and oxygen atoms in total. The molecule has 1 aliphatic rings. The average molecular weight is 257 g/mol. The second-order valence-electron chi connectivity index (χ2n) is 4.94. The van der Waals surface area contributed by atoms with Gasteiger partial charge in [-0.1, -0.05) is 13.8 Å². The molecule has 1 fully saturated rings. The molecule has 1 aromatic carbocycles. The predicted molar refractivity (Wildman–Crippen MR) is 70.5 cm³/mol. The molecular formula is C14H15N3O2. The van der Waals surface area contributed by atoms with Crippen molar-refractivity contribution in [1.29, 1.82) is 5.26 Å². The van der Waals surface area contributed by atoms with Gasteiger partial charge in [0.05, 0.1) is 17.3 Å². The van der Waals surface area contributed by atoms with Crippen LogP contribution in [0.5, 0.6) is 0 Å². The molecule has 0 spiro atoms. The van der Waals surface area contributed by atoms with Crippen LogP contribution in [0.15, 0.2) is 24.3 Å². The van der Waals surface area contributed by atoms with Gasteiger partial charge in [-0.3, -0.25) is 4.79 Å². The average Bonchev–Trinajstić information content (AvgIpc) is 2.64. The molecule has 0 bridgehead atoms. The van der Waals surface area contributed by atoms with Gasteiger partial charge in [-0.2, -0.15) is 5.26 Å². The maximum atomic E-state index is 12.2. The van der Waals surface area contributed by atoms with E-state index in [1.54, 1.807) is 29.2 Å². The molecule has 1 aromatic rings. The molecule has 3 amide bonds. The van der Waals surface area contributed by atoms with Crippen LogP contribution in [-0.4, -0.2) is 29.9 Å². The number of anilines is 1. The molecule has 0 radical (unpaired) electrons. The van der Waals surface area contributed by atoms with Crippen LogP contribution in [0, 0.1) is 17.2 Å². The topological polar surface area (TPSA) is 64.4 Å². The lowest BCUT2D eigenvalue weighted by atomic mass is 10.2. The van der Waals surface area contributed by atoms with Gasteiger partial charge in [0.25, 0.3) is 5.91 Å². The highest BCUT2D eigenvalue weighted by molar-refractivity contribution is 6.19. The Morgan fingerprint density at radius 2 is 1.89 bits per heavy atom. The van der Waals surface area contributed by atoms with Gasteiger partial charge in [-0.25, -0.2) is 9.69 Å². The summed E-state index contributed by atoms with van der Waals surface area (Å²) in [4.78, 5) is 26.8. The molecular weight excluding hydrogens is 242 g/mol. The molecule has 0 atom stereocenters. The van der Waals surface area contributed by atoms with Crippen LogP contribution in [0.25, 0.3) is 0 Å². The Labute approximate surface area is 112 Å². The maximum absolute atomic E-state index is 12.2. The van der Waals surface area contributed by atoms with Crippen molar-refractivity contribution in [2.45, 2.75) is 13.8 Å². The molecule has 5 heteroatoms. The lowest BCUT2D eigenvalue weighted by Crippen LogP contribution is -2.34. The molecule has 0 saturated carbocycles. The fourth-order valence-corrected chi connectivity index (χ4v) is 2.07. The molecule has 1 saturated heterocycles. The second-order valence-corrected chi connectivity index (χ2v) is 4.94. The monoisotopic (exact) mass is 257 g/mol. The van der Waals surface area contributed by atoms with E-state index in [1.807, 2.05) is 19.9 Å². The number of amides is 3. The van der Waals surface area contributed by atoms with Gasteiger partial charge in [0.1, 0.15) is 6.54 Å². The van der Waals surface area contributed by atoms with E-state index in [2.05, 4.69) is 0 Å². The SMILES string of the molecule is CC(C)CN1CC(=O)N(c2ccc(C#N)cc2)C1=O. The van der Waals surface area contributed by atoms with Gasteiger partial charge in [0, 0.05) is 6.54 Å². The summed E-state index contributed by atoms with van der Waals surface area (Å²) in [6, 6.07) is 8.15. The van der Waals surface area contributed by atoms with Crippen molar-refractivity contribution in [2.24, 2.45) is 5.92 Å². The lowest BCUT2D eigenvalue weighted by Gasteiger charge is -2.18. The summed E-state index contributed by atoms with van der Waals surface area (Å²) >= 11 is 0. The molecule has 0 N–H and O–H groups in total. The maximum Gasteiger partial charge on any atom is 0.331 e. The van der Waals surface area contributed by atoms with Gasteiger partial charge >= 0.3 is 6.03 Å². The number of benzene rings is 1. The summed E-state index contributed by atoms with van der Waals surface area (Å²) in [6.07, 6.45) is 0. The first kappa shape index (κ1) is 13.1. The molecule has 0 aromatic heterocycles. The van der Waals surface area contributed by atoms with Gasteiger partial charge in [-0.15, -0.1) is 0 Å². The molecule has 1 aliphatic heterocycles. The lowest BCUT2D eigenvalue weighted by molar-refractivity contribution is -0.116. The summed E-state index contributed by atoms with van der Waals surface area (Å²) in [5, 5.41) is 8.73. The number of hydrogen-bond acceptors (Lipinski definition) is 3. The number of imide groups is 1. The van der Waals surface area contributed by atoms with Crippen LogP contribution in [0.4, 0.5) is 10.5 Å². The number of urea groups is 1. The fourth-order valence-electron chi connectivity index (χ4n) is 2.07. The largest absolute Gasteiger partial charge is 0.331 e. The Balaban J connectivity index is 2.22. The first-order chi connectivity index (χ1) is 9.02. The van der Waals surface area contributed by atoms with Crippen LogP contribution in [0.1, 0.15) is 19.4 Å². The van der Waals surface area contributed by atoms with E-state index in [9.17, 15) is 9.59 Å². The zero-order chi connectivity index (χ0) is 14.0. The van der Waals surface area contributed by atoms with Gasteiger partial charge in [0.2, 0.25) is 0 Å². The zero-order valence-corrected chi connectivity index (χ0v) is 11.0. The van der Waals surface area contributed by atoms with Gasteiger partial charge in [0.15, 0.2) is 0 Å². The highest BCUT2D eigenvalue weighted by Crippen LogP contribution is 2.22. The minimum absolute atomic E-state index is 0.122. The smallest absolute Gasteiger partial charge is 0.314 e. The highest BCUT2D eigenvalue weighted by Gasteiger charge is 2.37. The first-order valence-electron chi connectivity index (χ1n) is 6.15. The van der Waals surface area contributed by atoms with Crippen LogP contribution in [-0.2, 0) is 4.79 Å². The molecule has 2 rings (SSSR count). The van der Waals surface area contributed by atoms with Crippen molar-refractivity contribution in [2.75, 3.05) is 18.0 Å². The summed E-state index contributed by atoms with van der Waals surface area (Å²) in [5.74, 6) is 0.0908. The standard InChI is InChI=1S/C14H15N3O2/c1-10(2)8-16-9-13(18)17(14(16)19)12-5-3-11(7-15)4-6-12/h3-6,10H,8-9H2,1-2H3.